The number of hydrogen-bond donors (Lipinski definition) is 0. The summed E-state index contributed by atoms with van der Waals surface area (Å²) in [6, 6.07) is 3.42. The van der Waals surface area contributed by atoms with Crippen LogP contribution in [0.4, 0.5) is 4.39 Å². The fraction of sp³-hybridized carbons (Fsp3) is 0.294. The van der Waals surface area contributed by atoms with Crippen molar-refractivity contribution in [2.24, 2.45) is 0 Å². The number of nitrogens with zero attached hydrogens (tertiary/aromatic N) is 2. The summed E-state index contributed by atoms with van der Waals surface area (Å²) in [6.07, 6.45) is 3.28. The summed E-state index contributed by atoms with van der Waals surface area (Å²) in [7, 11) is -3.07. The van der Waals surface area contributed by atoms with Crippen LogP contribution in [0.1, 0.15) is 34.1 Å². The minimum absolute atomic E-state index is 0.00397. The zero-order chi connectivity index (χ0) is 19.1. The van der Waals surface area contributed by atoms with Crippen molar-refractivity contribution in [3.8, 4) is 0 Å². The molecule has 9 heteroatoms. The highest BCUT2D eigenvalue weighted by molar-refractivity contribution is 7.91. The second-order valence-corrected chi connectivity index (χ2v) is 9.11. The second kappa shape index (κ2) is 7.13. The molecule has 1 fully saturated rings. The molecular weight excluding hydrogens is 402 g/mol. The van der Waals surface area contributed by atoms with Gasteiger partial charge < -0.3 is 0 Å². The Balaban J connectivity index is 1.85. The normalized spacial score (nSPS) is 19.3. The first-order valence-corrected chi connectivity index (χ1v) is 10.4. The highest BCUT2D eigenvalue weighted by Gasteiger charge is 2.31. The van der Waals surface area contributed by atoms with E-state index >= 15 is 0 Å². The third-order valence-electron chi connectivity index (χ3n) is 4.23. The van der Waals surface area contributed by atoms with Crippen LogP contribution in [0, 0.1) is 12.7 Å². The van der Waals surface area contributed by atoms with Gasteiger partial charge in [-0.25, -0.2) is 17.5 Å². The lowest BCUT2D eigenvalue weighted by Gasteiger charge is -2.09. The number of rotatable bonds is 4. The summed E-state index contributed by atoms with van der Waals surface area (Å²) in [6.45, 7) is 1.73. The smallest absolute Gasteiger partial charge is 0.185 e. The van der Waals surface area contributed by atoms with Gasteiger partial charge in [-0.2, -0.15) is 5.10 Å². The number of sulfone groups is 1. The molecule has 138 valence electrons. The highest BCUT2D eigenvalue weighted by Crippen LogP contribution is 2.30. The van der Waals surface area contributed by atoms with Gasteiger partial charge in [-0.3, -0.25) is 4.79 Å². The average molecular weight is 417 g/mol. The molecule has 2 aromatic rings. The van der Waals surface area contributed by atoms with E-state index < -0.39 is 15.7 Å². The van der Waals surface area contributed by atoms with E-state index in [1.165, 1.54) is 29.0 Å². The number of benzene rings is 1. The zero-order valence-corrected chi connectivity index (χ0v) is 16.1. The molecule has 1 aromatic heterocycles. The van der Waals surface area contributed by atoms with Gasteiger partial charge in [0, 0.05) is 11.1 Å². The molecule has 0 N–H and O–H groups in total. The maximum absolute atomic E-state index is 13.2. The van der Waals surface area contributed by atoms with Crippen molar-refractivity contribution in [3.05, 3.63) is 57.1 Å². The van der Waals surface area contributed by atoms with Crippen molar-refractivity contribution in [1.82, 2.24) is 9.78 Å². The van der Waals surface area contributed by atoms with Gasteiger partial charge in [0.2, 0.25) is 0 Å². The maximum atomic E-state index is 13.2. The van der Waals surface area contributed by atoms with Crippen molar-refractivity contribution in [3.63, 3.8) is 0 Å². The summed E-state index contributed by atoms with van der Waals surface area (Å²) < 4.78 is 38.0. The largest absolute Gasteiger partial charge is 0.289 e. The molecule has 1 unspecified atom stereocenters. The van der Waals surface area contributed by atoms with Crippen LogP contribution in [0.25, 0.3) is 6.08 Å². The molecule has 0 amide bonds. The van der Waals surface area contributed by atoms with Crippen LogP contribution in [0.15, 0.2) is 24.3 Å². The second-order valence-electron chi connectivity index (χ2n) is 6.12. The summed E-state index contributed by atoms with van der Waals surface area (Å²) >= 11 is 12.0. The molecule has 1 aliphatic rings. The Labute approximate surface area is 160 Å². The third-order valence-corrected chi connectivity index (χ3v) is 6.65. The molecule has 26 heavy (non-hydrogen) atoms. The Hall–Kier alpha value is -1.70. The molecule has 3 rings (SSSR count). The third kappa shape index (κ3) is 3.84. The van der Waals surface area contributed by atoms with E-state index in [9.17, 15) is 17.6 Å². The quantitative estimate of drug-likeness (QED) is 0.559. The fourth-order valence-corrected chi connectivity index (χ4v) is 5.08. The summed E-state index contributed by atoms with van der Waals surface area (Å²) in [5.74, 6) is -0.844. The van der Waals surface area contributed by atoms with E-state index in [1.54, 1.807) is 6.92 Å². The highest BCUT2D eigenvalue weighted by atomic mass is 35.5. The zero-order valence-electron chi connectivity index (χ0n) is 13.7. The number of allylic oxidation sites excluding steroid dienone is 1. The minimum atomic E-state index is -3.07. The standard InChI is InChI=1S/C17H15Cl2FN2O3S/c1-10-13(3-5-16(23)11-2-4-15(20)14(18)8-11)17(19)22(21-10)12-6-7-26(24,25)9-12/h2-5,8,12H,6-7,9H2,1H3/b5-3+. The predicted octanol–water partition coefficient (Wildman–Crippen LogP) is 3.89. The Morgan fingerprint density at radius 1 is 1.38 bits per heavy atom. The predicted molar refractivity (Wildman–Crippen MR) is 99.1 cm³/mol. The van der Waals surface area contributed by atoms with Crippen LogP contribution in [-0.2, 0) is 9.84 Å². The SMILES string of the molecule is Cc1nn(C2CCS(=O)(=O)C2)c(Cl)c1/C=C/C(=O)c1ccc(F)c(Cl)c1. The molecule has 5 nitrogen and oxygen atoms in total. The van der Waals surface area contributed by atoms with E-state index in [1.807, 2.05) is 0 Å². The van der Waals surface area contributed by atoms with Gasteiger partial charge in [0.05, 0.1) is 28.3 Å². The van der Waals surface area contributed by atoms with Gasteiger partial charge >= 0.3 is 0 Å². The van der Waals surface area contributed by atoms with Crippen molar-refractivity contribution in [2.75, 3.05) is 11.5 Å². The monoisotopic (exact) mass is 416 g/mol. The van der Waals surface area contributed by atoms with Gasteiger partial charge in [0.15, 0.2) is 15.6 Å². The fourth-order valence-electron chi connectivity index (χ4n) is 2.84. The summed E-state index contributed by atoms with van der Waals surface area (Å²) in [5, 5.41) is 4.47. The van der Waals surface area contributed by atoms with Gasteiger partial charge in [0.1, 0.15) is 11.0 Å². The van der Waals surface area contributed by atoms with Gasteiger partial charge in [-0.15, -0.1) is 0 Å². The molecule has 0 aliphatic carbocycles. The van der Waals surface area contributed by atoms with Gasteiger partial charge in [0.25, 0.3) is 0 Å². The van der Waals surface area contributed by atoms with Crippen molar-refractivity contribution < 1.29 is 17.6 Å². The van der Waals surface area contributed by atoms with Crippen LogP contribution >= 0.6 is 23.2 Å². The molecule has 0 saturated carbocycles. The number of ketones is 1. The molecule has 1 atom stereocenters. The minimum Gasteiger partial charge on any atom is -0.289 e. The van der Waals surface area contributed by atoms with E-state index in [-0.39, 0.29) is 39.1 Å². The van der Waals surface area contributed by atoms with Gasteiger partial charge in [-0.1, -0.05) is 23.2 Å². The van der Waals surface area contributed by atoms with E-state index in [4.69, 9.17) is 23.2 Å². The number of aryl methyl sites for hydroxylation is 1. The van der Waals surface area contributed by atoms with Crippen LogP contribution in [0.2, 0.25) is 10.2 Å². The van der Waals surface area contributed by atoms with Crippen molar-refractivity contribution in [1.29, 1.82) is 0 Å². The number of halogens is 3. The molecule has 1 aliphatic heterocycles. The summed E-state index contributed by atoms with van der Waals surface area (Å²) in [5.41, 5.74) is 1.37. The van der Waals surface area contributed by atoms with E-state index in [0.29, 0.717) is 17.7 Å². The molecule has 1 aromatic carbocycles. The first-order chi connectivity index (χ1) is 12.2. The number of carbonyl (C=O) groups excluding carboxylic acids is 1. The lowest BCUT2D eigenvalue weighted by Crippen LogP contribution is -2.12. The number of hydrogen-bond acceptors (Lipinski definition) is 4. The molecule has 0 bridgehead atoms. The molecule has 0 spiro atoms. The topological polar surface area (TPSA) is 69.0 Å². The van der Waals surface area contributed by atoms with Crippen molar-refractivity contribution >= 4 is 44.9 Å². The number of aromatic nitrogens is 2. The molecule has 2 heterocycles. The lowest BCUT2D eigenvalue weighted by atomic mass is 10.1. The molecular formula is C17H15Cl2FN2O3S. The van der Waals surface area contributed by atoms with Crippen molar-refractivity contribution in [2.45, 2.75) is 19.4 Å². The average Bonchev–Trinajstić information content (AvgIpc) is 3.07. The van der Waals surface area contributed by atoms with Crippen LogP contribution < -0.4 is 0 Å². The lowest BCUT2D eigenvalue weighted by molar-refractivity contribution is 0.104. The maximum Gasteiger partial charge on any atom is 0.185 e. The molecule has 1 saturated heterocycles. The van der Waals surface area contributed by atoms with Crippen LogP contribution in [0.3, 0.4) is 0 Å². The van der Waals surface area contributed by atoms with E-state index in [2.05, 4.69) is 5.10 Å². The Morgan fingerprint density at radius 3 is 2.73 bits per heavy atom. The Bertz CT molecular complexity index is 1020. The summed E-state index contributed by atoms with van der Waals surface area (Å²) in [4.78, 5) is 12.2. The van der Waals surface area contributed by atoms with E-state index in [0.717, 1.165) is 6.07 Å². The first kappa shape index (κ1) is 19.1. The Morgan fingerprint density at radius 2 is 2.12 bits per heavy atom. The molecule has 0 radical (unpaired) electrons. The number of carbonyl (C=O) groups is 1. The Kier molecular flexibility index (Phi) is 5.23. The first-order valence-electron chi connectivity index (χ1n) is 7.80. The van der Waals surface area contributed by atoms with Crippen LogP contribution in [0.5, 0.6) is 0 Å². The van der Waals surface area contributed by atoms with Gasteiger partial charge in [-0.05, 0) is 43.7 Å². The van der Waals surface area contributed by atoms with Crippen LogP contribution in [-0.4, -0.2) is 35.5 Å².